The molecule has 1 heterocycles. The smallest absolute Gasteiger partial charge is 0.266 e. The predicted molar refractivity (Wildman–Crippen MR) is 105 cm³/mol. The number of benzene rings is 2. The van der Waals surface area contributed by atoms with Crippen LogP contribution in [0.1, 0.15) is 12.5 Å². The number of amides is 1. The molecule has 1 aromatic heterocycles. The van der Waals surface area contributed by atoms with Crippen LogP contribution in [0.2, 0.25) is 10.0 Å². The summed E-state index contributed by atoms with van der Waals surface area (Å²) >= 11 is 13.2. The highest BCUT2D eigenvalue weighted by atomic mass is 35.5. The Bertz CT molecular complexity index is 928. The highest BCUT2D eigenvalue weighted by Gasteiger charge is 2.17. The SMILES string of the molecule is Cc1cc(O[C@@H](C)C(=O)Nc2nnc(-c3ccc(Cl)cc3)s2)ccc1Cl. The van der Waals surface area contributed by atoms with Crippen molar-refractivity contribution in [3.05, 3.63) is 58.1 Å². The standard InChI is InChI=1S/C18H15Cl2N3O2S/c1-10-9-14(7-8-15(10)20)25-11(2)16(24)21-18-23-22-17(26-18)12-3-5-13(19)6-4-12/h3-9,11H,1-2H3,(H,21,23,24)/t11-/m0/s1. The maximum Gasteiger partial charge on any atom is 0.266 e. The molecule has 0 fully saturated rings. The molecule has 0 saturated carbocycles. The molecule has 8 heteroatoms. The maximum absolute atomic E-state index is 12.3. The fourth-order valence-corrected chi connectivity index (χ4v) is 3.13. The van der Waals surface area contributed by atoms with Crippen molar-refractivity contribution in [1.82, 2.24) is 10.2 Å². The van der Waals surface area contributed by atoms with Gasteiger partial charge in [0.15, 0.2) is 6.10 Å². The van der Waals surface area contributed by atoms with Gasteiger partial charge in [0, 0.05) is 15.6 Å². The van der Waals surface area contributed by atoms with Gasteiger partial charge in [-0.3, -0.25) is 10.1 Å². The van der Waals surface area contributed by atoms with Gasteiger partial charge in [0.25, 0.3) is 5.91 Å². The van der Waals surface area contributed by atoms with Crippen LogP contribution in [0, 0.1) is 6.92 Å². The lowest BCUT2D eigenvalue weighted by molar-refractivity contribution is -0.122. The van der Waals surface area contributed by atoms with Gasteiger partial charge in [-0.15, -0.1) is 10.2 Å². The lowest BCUT2D eigenvalue weighted by Crippen LogP contribution is -2.30. The first kappa shape index (κ1) is 18.6. The van der Waals surface area contributed by atoms with Crippen LogP contribution >= 0.6 is 34.5 Å². The second-order valence-electron chi connectivity index (χ2n) is 5.58. The Labute approximate surface area is 164 Å². The summed E-state index contributed by atoms with van der Waals surface area (Å²) in [4.78, 5) is 12.3. The molecule has 134 valence electrons. The molecule has 0 bridgehead atoms. The zero-order valence-electron chi connectivity index (χ0n) is 14.0. The first-order valence-electron chi connectivity index (χ1n) is 7.75. The van der Waals surface area contributed by atoms with Gasteiger partial charge in [-0.2, -0.15) is 0 Å². The Morgan fingerprint density at radius 1 is 1.15 bits per heavy atom. The Morgan fingerprint density at radius 3 is 2.58 bits per heavy atom. The minimum atomic E-state index is -0.696. The molecule has 0 radical (unpaired) electrons. The molecule has 2 aromatic carbocycles. The Kier molecular flexibility index (Phi) is 5.76. The van der Waals surface area contributed by atoms with Crippen LogP contribution in [-0.2, 0) is 4.79 Å². The number of ether oxygens (including phenoxy) is 1. The molecule has 1 atom stereocenters. The summed E-state index contributed by atoms with van der Waals surface area (Å²) in [6, 6.07) is 12.5. The largest absolute Gasteiger partial charge is 0.481 e. The molecule has 0 saturated heterocycles. The van der Waals surface area contributed by atoms with E-state index in [1.54, 1.807) is 37.3 Å². The summed E-state index contributed by atoms with van der Waals surface area (Å²) in [6.07, 6.45) is -0.696. The van der Waals surface area contributed by atoms with E-state index in [2.05, 4.69) is 15.5 Å². The number of nitrogens with zero attached hydrogens (tertiary/aromatic N) is 2. The number of nitrogens with one attached hydrogen (secondary N) is 1. The van der Waals surface area contributed by atoms with Crippen molar-refractivity contribution in [1.29, 1.82) is 0 Å². The molecule has 3 aromatic rings. The van der Waals surface area contributed by atoms with Crippen LogP contribution in [0.5, 0.6) is 5.75 Å². The van der Waals surface area contributed by atoms with Gasteiger partial charge in [-0.25, -0.2) is 0 Å². The minimum Gasteiger partial charge on any atom is -0.481 e. The van der Waals surface area contributed by atoms with Gasteiger partial charge in [0.1, 0.15) is 10.8 Å². The molecule has 26 heavy (non-hydrogen) atoms. The zero-order valence-corrected chi connectivity index (χ0v) is 16.3. The second kappa shape index (κ2) is 8.03. The average Bonchev–Trinajstić information content (AvgIpc) is 3.07. The van der Waals surface area contributed by atoms with E-state index in [1.807, 2.05) is 19.1 Å². The number of carbonyl (C=O) groups is 1. The number of rotatable bonds is 5. The molecule has 1 N–H and O–H groups in total. The number of aryl methyl sites for hydroxylation is 1. The summed E-state index contributed by atoms with van der Waals surface area (Å²) in [6.45, 7) is 3.54. The van der Waals surface area contributed by atoms with Crippen LogP contribution in [0.4, 0.5) is 5.13 Å². The van der Waals surface area contributed by atoms with Gasteiger partial charge in [-0.1, -0.05) is 46.7 Å². The van der Waals surface area contributed by atoms with Crippen molar-refractivity contribution in [2.45, 2.75) is 20.0 Å². The number of carbonyl (C=O) groups excluding carboxylic acids is 1. The third kappa shape index (κ3) is 4.52. The molecule has 0 unspecified atom stereocenters. The summed E-state index contributed by atoms with van der Waals surface area (Å²) in [5, 5.41) is 13.2. The van der Waals surface area contributed by atoms with Gasteiger partial charge in [0.05, 0.1) is 0 Å². The summed E-state index contributed by atoms with van der Waals surface area (Å²) in [7, 11) is 0. The molecule has 5 nitrogen and oxygen atoms in total. The van der Waals surface area contributed by atoms with Gasteiger partial charge < -0.3 is 4.74 Å². The van der Waals surface area contributed by atoms with Gasteiger partial charge >= 0.3 is 0 Å². The first-order valence-corrected chi connectivity index (χ1v) is 9.33. The lowest BCUT2D eigenvalue weighted by Gasteiger charge is -2.14. The van der Waals surface area contributed by atoms with Gasteiger partial charge in [0.2, 0.25) is 5.13 Å². The molecule has 0 spiro atoms. The Balaban J connectivity index is 1.64. The van der Waals surface area contributed by atoms with Crippen molar-refractivity contribution >= 4 is 45.6 Å². The summed E-state index contributed by atoms with van der Waals surface area (Å²) < 4.78 is 5.66. The third-order valence-electron chi connectivity index (χ3n) is 3.56. The predicted octanol–water partition coefficient (Wildman–Crippen LogP) is 5.23. The topological polar surface area (TPSA) is 64.1 Å². The summed E-state index contributed by atoms with van der Waals surface area (Å²) in [5.74, 6) is 0.269. The lowest BCUT2D eigenvalue weighted by atomic mass is 10.2. The van der Waals surface area contributed by atoms with Gasteiger partial charge in [-0.05, 0) is 49.7 Å². The third-order valence-corrected chi connectivity index (χ3v) is 5.12. The van der Waals surface area contributed by atoms with Crippen LogP contribution in [0.25, 0.3) is 10.6 Å². The highest BCUT2D eigenvalue weighted by molar-refractivity contribution is 7.18. The molecule has 1 amide bonds. The fraction of sp³-hybridized carbons (Fsp3) is 0.167. The van der Waals surface area contributed by atoms with Crippen molar-refractivity contribution in [2.24, 2.45) is 0 Å². The molecule has 0 aliphatic heterocycles. The zero-order chi connectivity index (χ0) is 18.7. The molecular weight excluding hydrogens is 393 g/mol. The van der Waals surface area contributed by atoms with E-state index in [4.69, 9.17) is 27.9 Å². The summed E-state index contributed by atoms with van der Waals surface area (Å²) in [5.41, 5.74) is 1.77. The van der Waals surface area contributed by atoms with E-state index < -0.39 is 6.10 Å². The van der Waals surface area contributed by atoms with Crippen molar-refractivity contribution < 1.29 is 9.53 Å². The number of aromatic nitrogens is 2. The van der Waals surface area contributed by atoms with E-state index in [0.29, 0.717) is 25.9 Å². The van der Waals surface area contributed by atoms with Crippen LogP contribution in [0.3, 0.4) is 0 Å². The number of halogens is 2. The van der Waals surface area contributed by atoms with Crippen LogP contribution in [0.15, 0.2) is 42.5 Å². The average molecular weight is 408 g/mol. The maximum atomic E-state index is 12.3. The fourth-order valence-electron chi connectivity index (χ4n) is 2.14. The van der Waals surface area contributed by atoms with E-state index in [9.17, 15) is 4.79 Å². The van der Waals surface area contributed by atoms with Crippen molar-refractivity contribution in [3.8, 4) is 16.3 Å². The normalized spacial score (nSPS) is 11.8. The Hall–Kier alpha value is -2.15. The number of hydrogen-bond acceptors (Lipinski definition) is 5. The monoisotopic (exact) mass is 407 g/mol. The molecular formula is C18H15Cl2N3O2S. The minimum absolute atomic E-state index is 0.309. The van der Waals surface area contributed by atoms with Crippen LogP contribution in [-0.4, -0.2) is 22.2 Å². The first-order chi connectivity index (χ1) is 12.4. The Morgan fingerprint density at radius 2 is 1.88 bits per heavy atom. The quantitative estimate of drug-likeness (QED) is 0.628. The van der Waals surface area contributed by atoms with Crippen molar-refractivity contribution in [2.75, 3.05) is 5.32 Å². The number of anilines is 1. The number of hydrogen-bond donors (Lipinski definition) is 1. The molecule has 0 aliphatic rings. The highest BCUT2D eigenvalue weighted by Crippen LogP contribution is 2.27. The molecule has 0 aliphatic carbocycles. The van der Waals surface area contributed by atoms with Crippen molar-refractivity contribution in [3.63, 3.8) is 0 Å². The van der Waals surface area contributed by atoms with E-state index in [1.165, 1.54) is 11.3 Å². The second-order valence-corrected chi connectivity index (χ2v) is 7.40. The van der Waals surface area contributed by atoms with Crippen LogP contribution < -0.4 is 10.1 Å². The molecule has 3 rings (SSSR count). The van der Waals surface area contributed by atoms with E-state index in [0.717, 1.165) is 11.1 Å². The van der Waals surface area contributed by atoms with E-state index >= 15 is 0 Å². The van der Waals surface area contributed by atoms with E-state index in [-0.39, 0.29) is 5.91 Å².